The van der Waals surface area contributed by atoms with Crippen LogP contribution in [0.15, 0.2) is 76.4 Å². The fraction of sp³-hybridized carbons (Fsp3) is 0.192. The number of methoxy groups -OCH3 is 1. The van der Waals surface area contributed by atoms with E-state index in [1.165, 1.54) is 24.1 Å². The summed E-state index contributed by atoms with van der Waals surface area (Å²) in [7, 11) is 4.67. The lowest BCUT2D eigenvalue weighted by Gasteiger charge is -2.32. The molecule has 2 aromatic heterocycles. The van der Waals surface area contributed by atoms with Crippen molar-refractivity contribution in [3.8, 4) is 11.8 Å². The van der Waals surface area contributed by atoms with Crippen LogP contribution in [0.3, 0.4) is 0 Å². The Labute approximate surface area is 201 Å². The number of nitriles is 1. The summed E-state index contributed by atoms with van der Waals surface area (Å²) in [6.07, 6.45) is 2.74. The maximum atomic E-state index is 13.2. The molecule has 0 aliphatic carbocycles. The molecule has 1 unspecified atom stereocenters. The summed E-state index contributed by atoms with van der Waals surface area (Å²) in [5, 5.41) is 13.4. The van der Waals surface area contributed by atoms with Gasteiger partial charge in [0.15, 0.2) is 11.5 Å². The van der Waals surface area contributed by atoms with Crippen LogP contribution in [-0.4, -0.2) is 34.6 Å². The third kappa shape index (κ3) is 4.54. The van der Waals surface area contributed by atoms with Crippen LogP contribution in [0.5, 0.6) is 5.75 Å². The number of ketones is 1. The van der Waals surface area contributed by atoms with Crippen LogP contribution in [0.25, 0.3) is 0 Å². The highest BCUT2D eigenvalue weighted by Gasteiger charge is 2.28. The van der Waals surface area contributed by atoms with Crippen LogP contribution < -0.4 is 15.2 Å². The molecule has 9 nitrogen and oxygen atoms in total. The molecule has 0 saturated carbocycles. The number of benzene rings is 2. The minimum atomic E-state index is -0.501. The van der Waals surface area contributed by atoms with Gasteiger partial charge in [-0.15, -0.1) is 0 Å². The summed E-state index contributed by atoms with van der Waals surface area (Å²) >= 11 is 0. The van der Waals surface area contributed by atoms with Crippen LogP contribution >= 0.6 is 0 Å². The molecule has 0 aliphatic rings. The summed E-state index contributed by atoms with van der Waals surface area (Å²) in [5.41, 5.74) is 2.10. The van der Waals surface area contributed by atoms with Crippen molar-refractivity contribution >= 4 is 11.7 Å². The Hall–Kier alpha value is -4.71. The van der Waals surface area contributed by atoms with Gasteiger partial charge in [-0.1, -0.05) is 53.7 Å². The molecular formula is C26H23N5O4. The van der Waals surface area contributed by atoms with Gasteiger partial charge in [0.05, 0.1) is 31.0 Å². The lowest BCUT2D eigenvalue weighted by atomic mass is 9.94. The number of hydrogen-bond acceptors (Lipinski definition) is 8. The van der Waals surface area contributed by atoms with Gasteiger partial charge < -0.3 is 14.2 Å². The van der Waals surface area contributed by atoms with Crippen molar-refractivity contribution in [2.75, 3.05) is 19.1 Å². The highest BCUT2D eigenvalue weighted by molar-refractivity contribution is 5.98. The number of Topliss-reactive ketones (excluding diaryl/α,β-unsaturated/α-hetero) is 1. The number of rotatable bonds is 8. The van der Waals surface area contributed by atoms with Gasteiger partial charge in [-0.25, -0.2) is 4.98 Å². The van der Waals surface area contributed by atoms with E-state index in [1.807, 2.05) is 42.5 Å². The molecule has 0 saturated heterocycles. The SMILES string of the molecule is COc1c(C(=O)Cc2cnoc2)nc(N(C)C(c2ccccc2)c2ccccc2C#N)n(C)c1=O. The van der Waals surface area contributed by atoms with E-state index in [2.05, 4.69) is 16.2 Å². The zero-order valence-corrected chi connectivity index (χ0v) is 19.5. The largest absolute Gasteiger partial charge is 0.489 e. The molecule has 0 radical (unpaired) electrons. The second-order valence-corrected chi connectivity index (χ2v) is 7.91. The summed E-state index contributed by atoms with van der Waals surface area (Å²) in [6.45, 7) is 0. The van der Waals surface area contributed by atoms with Crippen molar-refractivity contribution in [3.05, 3.63) is 105 Å². The van der Waals surface area contributed by atoms with Crippen molar-refractivity contribution in [2.24, 2.45) is 7.05 Å². The second-order valence-electron chi connectivity index (χ2n) is 7.91. The van der Waals surface area contributed by atoms with E-state index in [0.29, 0.717) is 11.1 Å². The molecular weight excluding hydrogens is 446 g/mol. The Morgan fingerprint density at radius 2 is 1.91 bits per heavy atom. The predicted octanol–water partition coefficient (Wildman–Crippen LogP) is 3.30. The normalized spacial score (nSPS) is 11.5. The summed E-state index contributed by atoms with van der Waals surface area (Å²) in [5.74, 6) is -0.308. The molecule has 35 heavy (non-hydrogen) atoms. The number of anilines is 1. The first-order valence-corrected chi connectivity index (χ1v) is 10.8. The quantitative estimate of drug-likeness (QED) is 0.361. The molecule has 0 N–H and O–H groups in total. The molecule has 4 aromatic rings. The highest BCUT2D eigenvalue weighted by Crippen LogP contribution is 2.33. The number of aromatic nitrogens is 3. The molecule has 9 heteroatoms. The van der Waals surface area contributed by atoms with Crippen molar-refractivity contribution in [1.29, 1.82) is 5.26 Å². The van der Waals surface area contributed by atoms with Crippen molar-refractivity contribution in [3.63, 3.8) is 0 Å². The summed E-state index contributed by atoms with van der Waals surface area (Å²) in [4.78, 5) is 32.7. The van der Waals surface area contributed by atoms with E-state index >= 15 is 0 Å². The van der Waals surface area contributed by atoms with Crippen LogP contribution in [0, 0.1) is 11.3 Å². The molecule has 176 valence electrons. The first kappa shape index (κ1) is 23.4. The number of carbonyl (C=O) groups is 1. The van der Waals surface area contributed by atoms with Crippen LogP contribution in [0.2, 0.25) is 0 Å². The Bertz CT molecular complexity index is 1440. The molecule has 0 fully saturated rings. The molecule has 2 aromatic carbocycles. The van der Waals surface area contributed by atoms with Crippen LogP contribution in [0.4, 0.5) is 5.95 Å². The monoisotopic (exact) mass is 469 g/mol. The smallest absolute Gasteiger partial charge is 0.297 e. The van der Waals surface area contributed by atoms with E-state index < -0.39 is 17.4 Å². The van der Waals surface area contributed by atoms with Crippen LogP contribution in [-0.2, 0) is 13.5 Å². The van der Waals surface area contributed by atoms with Gasteiger partial charge in [-0.3, -0.25) is 14.2 Å². The lowest BCUT2D eigenvalue weighted by molar-refractivity contribution is 0.0984. The molecule has 0 amide bonds. The minimum absolute atomic E-state index is 0.0530. The van der Waals surface area contributed by atoms with E-state index in [9.17, 15) is 14.9 Å². The Morgan fingerprint density at radius 1 is 1.20 bits per heavy atom. The second kappa shape index (κ2) is 10.1. The zero-order chi connectivity index (χ0) is 24.9. The zero-order valence-electron chi connectivity index (χ0n) is 19.5. The first-order valence-electron chi connectivity index (χ1n) is 10.8. The lowest BCUT2D eigenvalue weighted by Crippen LogP contribution is -2.34. The third-order valence-corrected chi connectivity index (χ3v) is 5.74. The maximum Gasteiger partial charge on any atom is 0.297 e. The molecule has 2 heterocycles. The molecule has 0 aliphatic heterocycles. The van der Waals surface area contributed by atoms with Gasteiger partial charge in [-0.05, 0) is 17.2 Å². The van der Waals surface area contributed by atoms with Crippen molar-refractivity contribution in [1.82, 2.24) is 14.7 Å². The molecule has 0 bridgehead atoms. The third-order valence-electron chi connectivity index (χ3n) is 5.74. The van der Waals surface area contributed by atoms with Crippen molar-refractivity contribution < 1.29 is 14.1 Å². The molecule has 4 rings (SSSR count). The van der Waals surface area contributed by atoms with E-state index in [0.717, 1.165) is 11.1 Å². The van der Waals surface area contributed by atoms with E-state index in [-0.39, 0.29) is 23.8 Å². The maximum absolute atomic E-state index is 13.2. The van der Waals surface area contributed by atoms with Gasteiger partial charge >= 0.3 is 0 Å². The van der Waals surface area contributed by atoms with Gasteiger partial charge in [-0.2, -0.15) is 5.26 Å². The fourth-order valence-corrected chi connectivity index (χ4v) is 4.04. The van der Waals surface area contributed by atoms with Crippen molar-refractivity contribution in [2.45, 2.75) is 12.5 Å². The highest BCUT2D eigenvalue weighted by atomic mass is 16.5. The number of nitrogens with zero attached hydrogens (tertiary/aromatic N) is 5. The van der Waals surface area contributed by atoms with Gasteiger partial charge in [0.25, 0.3) is 5.56 Å². The topological polar surface area (TPSA) is 114 Å². The Balaban J connectivity index is 1.88. The molecule has 1 atom stereocenters. The molecule has 0 spiro atoms. The van der Waals surface area contributed by atoms with E-state index in [4.69, 9.17) is 9.26 Å². The number of ether oxygens (including phenoxy) is 1. The van der Waals surface area contributed by atoms with Gasteiger partial charge in [0.2, 0.25) is 11.7 Å². The van der Waals surface area contributed by atoms with Crippen LogP contribution in [0.1, 0.15) is 38.8 Å². The summed E-state index contributed by atoms with van der Waals surface area (Å²) in [6, 6.07) is 18.6. The van der Waals surface area contributed by atoms with Gasteiger partial charge in [0, 0.05) is 26.1 Å². The van der Waals surface area contributed by atoms with E-state index in [1.54, 1.807) is 31.1 Å². The average molecular weight is 470 g/mol. The summed E-state index contributed by atoms with van der Waals surface area (Å²) < 4.78 is 11.4. The average Bonchev–Trinajstić information content (AvgIpc) is 3.39. The first-order chi connectivity index (χ1) is 17.0. The number of carbonyl (C=O) groups excluding carboxylic acids is 1. The van der Waals surface area contributed by atoms with Gasteiger partial charge in [0.1, 0.15) is 6.26 Å². The minimum Gasteiger partial charge on any atom is -0.489 e. The predicted molar refractivity (Wildman–Crippen MR) is 128 cm³/mol. The Morgan fingerprint density at radius 3 is 2.57 bits per heavy atom. The fourth-order valence-electron chi connectivity index (χ4n) is 4.04. The Kier molecular flexibility index (Phi) is 6.73. The number of hydrogen-bond donors (Lipinski definition) is 0. The standard InChI is InChI=1S/C26H23N5O4/c1-30(23(18-9-5-4-6-10-18)20-12-8-7-11-19(20)14-27)26-29-22(24(34-3)25(33)31(26)2)21(32)13-17-15-28-35-16-17/h4-12,15-16,23H,13H2,1-3H3.